The van der Waals surface area contributed by atoms with Crippen molar-refractivity contribution in [1.29, 1.82) is 0 Å². The minimum absolute atomic E-state index is 0.0503. The highest BCUT2D eigenvalue weighted by Gasteiger charge is 2.62. The van der Waals surface area contributed by atoms with Gasteiger partial charge in [-0.1, -0.05) is 54.9 Å². The van der Waals surface area contributed by atoms with E-state index < -0.39 is 41.6 Å². The molecule has 1 saturated heterocycles. The van der Waals surface area contributed by atoms with Gasteiger partial charge in [-0.25, -0.2) is 0 Å². The Hall–Kier alpha value is -4.48. The van der Waals surface area contributed by atoms with Crippen LogP contribution < -0.4 is 20.4 Å². The summed E-state index contributed by atoms with van der Waals surface area (Å²) in [4.78, 5) is 55.1. The Kier molecular flexibility index (Phi) is 8.36. The van der Waals surface area contributed by atoms with E-state index in [2.05, 4.69) is 10.7 Å². The molecule has 12 heteroatoms. The number of carboxylic acids is 1. The largest absolute Gasteiger partial charge is 0.497 e. The van der Waals surface area contributed by atoms with E-state index in [0.29, 0.717) is 11.4 Å². The van der Waals surface area contributed by atoms with Crippen molar-refractivity contribution >= 4 is 64.0 Å². The van der Waals surface area contributed by atoms with Crippen LogP contribution in [0.4, 0.5) is 11.4 Å². The Morgan fingerprint density at radius 3 is 2.35 bits per heavy atom. The summed E-state index contributed by atoms with van der Waals surface area (Å²) in [6.07, 6.45) is 0. The number of thiocarbonyl (C=S) groups is 1. The van der Waals surface area contributed by atoms with Crippen LogP contribution in [0.1, 0.15) is 17.3 Å². The molecule has 40 heavy (non-hydrogen) atoms. The highest BCUT2D eigenvalue weighted by atomic mass is 35.5. The summed E-state index contributed by atoms with van der Waals surface area (Å²) in [7, 11) is 1.49. The monoisotopic (exact) mass is 580 g/mol. The molecule has 0 spiro atoms. The number of aliphatic carboxylic acids is 1. The minimum Gasteiger partial charge on any atom is -0.497 e. The molecule has 3 aromatic carbocycles. The predicted octanol–water partition coefficient (Wildman–Crippen LogP) is 3.97. The standard InChI is InChI=1S/C28H25ClN4O6S/c1-17(24(35)36)28(16-30-18-9-8-12-20(15-18)39-2)25(37)32(19-10-4-3-5-11-19)27(40)33(26(28)38)31-23(34)21-13-6-7-14-22(21)29/h3-15,17,30H,16H2,1-2H3,(H,31,34)(H,35,36). The number of amides is 3. The van der Waals surface area contributed by atoms with Crippen LogP contribution in [0, 0.1) is 11.3 Å². The molecule has 0 aliphatic carbocycles. The first-order valence-electron chi connectivity index (χ1n) is 12.1. The van der Waals surface area contributed by atoms with Crippen LogP contribution in [-0.2, 0) is 14.4 Å². The van der Waals surface area contributed by atoms with Crippen molar-refractivity contribution in [2.24, 2.45) is 11.3 Å². The summed E-state index contributed by atoms with van der Waals surface area (Å²) in [5, 5.41) is 13.6. The van der Waals surface area contributed by atoms with Crippen molar-refractivity contribution in [2.75, 3.05) is 23.9 Å². The number of hydrogen-bond donors (Lipinski definition) is 3. The topological polar surface area (TPSA) is 128 Å². The highest BCUT2D eigenvalue weighted by molar-refractivity contribution is 7.80. The number of carbonyl (C=O) groups is 4. The van der Waals surface area contributed by atoms with Crippen LogP contribution in [0.3, 0.4) is 0 Å². The number of halogens is 1. The number of carboxylic acid groups (broad SMARTS) is 1. The van der Waals surface area contributed by atoms with Gasteiger partial charge in [0, 0.05) is 18.3 Å². The van der Waals surface area contributed by atoms with E-state index in [-0.39, 0.29) is 21.4 Å². The van der Waals surface area contributed by atoms with Gasteiger partial charge in [-0.15, -0.1) is 0 Å². The van der Waals surface area contributed by atoms with Crippen molar-refractivity contribution in [3.05, 3.63) is 89.4 Å². The number of nitrogens with one attached hydrogen (secondary N) is 2. The number of nitrogens with zero attached hydrogens (tertiary/aromatic N) is 2. The molecule has 2 atom stereocenters. The molecule has 0 saturated carbocycles. The fraction of sp³-hybridized carbons (Fsp3) is 0.179. The highest BCUT2D eigenvalue weighted by Crippen LogP contribution is 2.39. The number of rotatable bonds is 9. The number of carbonyl (C=O) groups excluding carboxylic acids is 3. The molecular formula is C28H25ClN4O6S. The third-order valence-electron chi connectivity index (χ3n) is 6.65. The van der Waals surface area contributed by atoms with Gasteiger partial charge in [0.15, 0.2) is 5.41 Å². The van der Waals surface area contributed by atoms with Gasteiger partial charge in [-0.05, 0) is 48.6 Å². The van der Waals surface area contributed by atoms with Gasteiger partial charge < -0.3 is 15.2 Å². The number of anilines is 2. The summed E-state index contributed by atoms with van der Waals surface area (Å²) in [6.45, 7) is 0.826. The quantitative estimate of drug-likeness (QED) is 0.256. The number of methoxy groups -OCH3 is 1. The van der Waals surface area contributed by atoms with Gasteiger partial charge >= 0.3 is 5.97 Å². The van der Waals surface area contributed by atoms with E-state index in [9.17, 15) is 24.3 Å². The Balaban J connectivity index is 1.83. The number of hydrazine groups is 1. The average molecular weight is 581 g/mol. The Labute approximate surface area is 240 Å². The molecule has 206 valence electrons. The van der Waals surface area contributed by atoms with Gasteiger partial charge in [-0.3, -0.25) is 29.5 Å². The average Bonchev–Trinajstić information content (AvgIpc) is 2.96. The molecule has 3 aromatic rings. The first kappa shape index (κ1) is 28.5. The fourth-order valence-electron chi connectivity index (χ4n) is 4.33. The molecule has 10 nitrogen and oxygen atoms in total. The van der Waals surface area contributed by atoms with Crippen LogP contribution in [0.15, 0.2) is 78.9 Å². The fourth-order valence-corrected chi connectivity index (χ4v) is 4.87. The van der Waals surface area contributed by atoms with E-state index >= 15 is 0 Å². The van der Waals surface area contributed by atoms with Crippen LogP contribution in [-0.4, -0.2) is 52.6 Å². The van der Waals surface area contributed by atoms with Crippen LogP contribution in [0.25, 0.3) is 0 Å². The second-order valence-corrected chi connectivity index (χ2v) is 9.71. The van der Waals surface area contributed by atoms with Crippen LogP contribution >= 0.6 is 23.8 Å². The van der Waals surface area contributed by atoms with E-state index in [0.717, 1.165) is 9.91 Å². The molecule has 1 aliphatic heterocycles. The number of hydrogen-bond acceptors (Lipinski definition) is 7. The van der Waals surface area contributed by atoms with E-state index in [1.807, 2.05) is 0 Å². The van der Waals surface area contributed by atoms with Crippen molar-refractivity contribution in [1.82, 2.24) is 10.4 Å². The van der Waals surface area contributed by atoms with E-state index in [1.165, 1.54) is 26.2 Å². The summed E-state index contributed by atoms with van der Waals surface area (Å²) in [5.74, 6) is -5.08. The molecule has 3 N–H and O–H groups in total. The molecular weight excluding hydrogens is 556 g/mol. The zero-order chi connectivity index (χ0) is 29.0. The van der Waals surface area contributed by atoms with Crippen LogP contribution in [0.5, 0.6) is 5.75 Å². The van der Waals surface area contributed by atoms with E-state index in [1.54, 1.807) is 66.7 Å². The maximum absolute atomic E-state index is 14.2. The lowest BCUT2D eigenvalue weighted by Crippen LogP contribution is -2.72. The van der Waals surface area contributed by atoms with Gasteiger partial charge in [0.1, 0.15) is 5.75 Å². The molecule has 0 radical (unpaired) electrons. The molecule has 2 unspecified atom stereocenters. The molecule has 1 fully saturated rings. The molecule has 0 bridgehead atoms. The number of benzene rings is 3. The summed E-state index contributed by atoms with van der Waals surface area (Å²) in [5.41, 5.74) is 1.02. The zero-order valence-electron chi connectivity index (χ0n) is 21.5. The van der Waals surface area contributed by atoms with Gasteiger partial charge in [0.25, 0.3) is 17.7 Å². The van der Waals surface area contributed by atoms with Crippen molar-refractivity contribution in [3.63, 3.8) is 0 Å². The zero-order valence-corrected chi connectivity index (χ0v) is 23.0. The second-order valence-electron chi connectivity index (χ2n) is 8.94. The maximum atomic E-state index is 14.2. The van der Waals surface area contributed by atoms with Gasteiger partial charge in [0.05, 0.1) is 29.3 Å². The maximum Gasteiger partial charge on any atom is 0.307 e. The smallest absolute Gasteiger partial charge is 0.307 e. The SMILES string of the molecule is COc1cccc(NCC2(C(C)C(=O)O)C(=O)N(NC(=O)c3ccccc3Cl)C(=S)N(c3ccccc3)C2=O)c1. The van der Waals surface area contributed by atoms with Crippen molar-refractivity contribution in [3.8, 4) is 5.75 Å². The Bertz CT molecular complexity index is 1490. The lowest BCUT2D eigenvalue weighted by atomic mass is 9.72. The minimum atomic E-state index is -2.24. The van der Waals surface area contributed by atoms with Gasteiger partial charge in [-0.2, -0.15) is 5.01 Å². The molecule has 0 aromatic heterocycles. The Morgan fingerprint density at radius 1 is 1.02 bits per heavy atom. The first-order chi connectivity index (χ1) is 19.1. The summed E-state index contributed by atoms with van der Waals surface area (Å²) >= 11 is 11.7. The normalized spacial score (nSPS) is 17.8. The third kappa shape index (κ3) is 5.21. The van der Waals surface area contributed by atoms with Crippen molar-refractivity contribution < 1.29 is 29.0 Å². The second kappa shape index (κ2) is 11.7. The third-order valence-corrected chi connectivity index (χ3v) is 7.34. The summed E-state index contributed by atoms with van der Waals surface area (Å²) in [6, 6.07) is 21.1. The van der Waals surface area contributed by atoms with E-state index in [4.69, 9.17) is 28.6 Å². The summed E-state index contributed by atoms with van der Waals surface area (Å²) < 4.78 is 5.24. The van der Waals surface area contributed by atoms with Crippen LogP contribution in [0.2, 0.25) is 5.02 Å². The molecule has 3 amide bonds. The van der Waals surface area contributed by atoms with Gasteiger partial charge in [0.2, 0.25) is 5.11 Å². The number of para-hydroxylation sites is 1. The first-order valence-corrected chi connectivity index (χ1v) is 12.8. The molecule has 1 aliphatic rings. The number of ether oxygens (including phenoxy) is 1. The van der Waals surface area contributed by atoms with Crippen molar-refractivity contribution in [2.45, 2.75) is 6.92 Å². The lowest BCUT2D eigenvalue weighted by Gasteiger charge is -2.46. The molecule has 1 heterocycles. The molecule has 4 rings (SSSR count). The Morgan fingerprint density at radius 2 is 1.70 bits per heavy atom. The lowest BCUT2D eigenvalue weighted by molar-refractivity contribution is -0.162. The predicted molar refractivity (Wildman–Crippen MR) is 153 cm³/mol.